The van der Waals surface area contributed by atoms with Crippen LogP contribution in [0.5, 0.6) is 0 Å². The summed E-state index contributed by atoms with van der Waals surface area (Å²) in [5.74, 6) is -0.198. The number of rotatable bonds is 1. The Balaban J connectivity index is 2.53. The summed E-state index contributed by atoms with van der Waals surface area (Å²) in [6.45, 7) is 0. The number of hydrogen-bond donors (Lipinski definition) is 0. The molecule has 0 aliphatic rings. The lowest BCUT2D eigenvalue weighted by molar-refractivity contribution is 0.619. The van der Waals surface area contributed by atoms with Crippen LogP contribution in [0.4, 0.5) is 4.39 Å². The van der Waals surface area contributed by atoms with Gasteiger partial charge in [0.25, 0.3) is 0 Å². The predicted molar refractivity (Wildman–Crippen MR) is 69.0 cm³/mol. The van der Waals surface area contributed by atoms with Gasteiger partial charge < -0.3 is 0 Å². The van der Waals surface area contributed by atoms with E-state index in [1.54, 1.807) is 23.0 Å². The van der Waals surface area contributed by atoms with Crippen LogP contribution in [0.15, 0.2) is 30.5 Å². The van der Waals surface area contributed by atoms with Crippen LogP contribution in [0.2, 0.25) is 0 Å². The van der Waals surface area contributed by atoms with Crippen molar-refractivity contribution in [3.63, 3.8) is 0 Å². The molecule has 0 atom stereocenters. The molecule has 2 rings (SSSR count). The molecule has 0 saturated carbocycles. The third-order valence-corrected chi connectivity index (χ3v) is 3.39. The van der Waals surface area contributed by atoms with Gasteiger partial charge in [-0.1, -0.05) is 0 Å². The summed E-state index contributed by atoms with van der Waals surface area (Å²) in [6, 6.07) is 6.84. The molecular weight excluding hydrogens is 409 g/mol. The molecule has 0 radical (unpaired) electrons. The molecule has 2 aromatic rings. The van der Waals surface area contributed by atoms with E-state index < -0.39 is 0 Å². The highest BCUT2D eigenvalue weighted by Gasteiger charge is 2.04. The maximum atomic E-state index is 13.0. The SMILES string of the molecule is Fc1ccc(-n2nccc2I)cc1I. The third kappa shape index (κ3) is 1.92. The number of halogens is 3. The Bertz CT molecular complexity index is 468. The lowest BCUT2D eigenvalue weighted by Gasteiger charge is -2.03. The standard InChI is InChI=1S/C9H5FI2N2/c10-7-2-1-6(5-8(7)11)14-9(12)3-4-13-14/h1-5H. The van der Waals surface area contributed by atoms with Crippen molar-refractivity contribution in [2.45, 2.75) is 0 Å². The quantitative estimate of drug-likeness (QED) is 0.656. The highest BCUT2D eigenvalue weighted by Crippen LogP contribution is 2.17. The van der Waals surface area contributed by atoms with Gasteiger partial charge in [-0.2, -0.15) is 5.10 Å². The van der Waals surface area contributed by atoms with Crippen molar-refractivity contribution < 1.29 is 4.39 Å². The molecule has 72 valence electrons. The van der Waals surface area contributed by atoms with Crippen LogP contribution in [0, 0.1) is 13.1 Å². The molecule has 0 aliphatic carbocycles. The van der Waals surface area contributed by atoms with E-state index >= 15 is 0 Å². The average Bonchev–Trinajstić information content (AvgIpc) is 2.57. The van der Waals surface area contributed by atoms with Crippen molar-refractivity contribution in [3.8, 4) is 5.69 Å². The second-order valence-corrected chi connectivity index (χ2v) is 4.93. The first kappa shape index (κ1) is 10.3. The van der Waals surface area contributed by atoms with Crippen molar-refractivity contribution in [2.24, 2.45) is 0 Å². The van der Waals surface area contributed by atoms with Gasteiger partial charge in [-0.3, -0.25) is 0 Å². The zero-order valence-corrected chi connectivity index (χ0v) is 11.2. The summed E-state index contributed by atoms with van der Waals surface area (Å²) in [5, 5.41) is 4.14. The molecular formula is C9H5FI2N2. The molecule has 0 amide bonds. The van der Waals surface area contributed by atoms with E-state index in [0.717, 1.165) is 9.39 Å². The number of hydrogen-bond acceptors (Lipinski definition) is 1. The Labute approximate surface area is 108 Å². The molecule has 0 bridgehead atoms. The molecule has 2 nitrogen and oxygen atoms in total. The van der Waals surface area contributed by atoms with Crippen molar-refractivity contribution in [1.29, 1.82) is 0 Å². The average molecular weight is 414 g/mol. The summed E-state index contributed by atoms with van der Waals surface area (Å²) in [6.07, 6.45) is 1.72. The van der Waals surface area contributed by atoms with Gasteiger partial charge in [0.2, 0.25) is 0 Å². The first-order chi connectivity index (χ1) is 6.68. The minimum absolute atomic E-state index is 0.198. The summed E-state index contributed by atoms with van der Waals surface area (Å²) < 4.78 is 16.4. The maximum Gasteiger partial charge on any atom is 0.136 e. The molecule has 0 unspecified atom stereocenters. The summed E-state index contributed by atoms with van der Waals surface area (Å²) in [4.78, 5) is 0. The van der Waals surface area contributed by atoms with E-state index in [1.165, 1.54) is 6.07 Å². The van der Waals surface area contributed by atoms with Gasteiger partial charge in [0, 0.05) is 0 Å². The van der Waals surface area contributed by atoms with Gasteiger partial charge in [0.15, 0.2) is 0 Å². The van der Waals surface area contributed by atoms with Crippen LogP contribution < -0.4 is 0 Å². The fraction of sp³-hybridized carbons (Fsp3) is 0. The van der Waals surface area contributed by atoms with Gasteiger partial charge >= 0.3 is 0 Å². The first-order valence-corrected chi connectivity index (χ1v) is 5.99. The second-order valence-electron chi connectivity index (χ2n) is 2.66. The Morgan fingerprint density at radius 2 is 2.00 bits per heavy atom. The molecule has 0 fully saturated rings. The summed E-state index contributed by atoms with van der Waals surface area (Å²) in [5.41, 5.74) is 0.880. The third-order valence-electron chi connectivity index (χ3n) is 1.74. The van der Waals surface area contributed by atoms with E-state index in [4.69, 9.17) is 0 Å². The molecule has 0 N–H and O–H groups in total. The van der Waals surface area contributed by atoms with Gasteiger partial charge in [-0.25, -0.2) is 9.07 Å². The van der Waals surface area contributed by atoms with Crippen LogP contribution in [0.1, 0.15) is 0 Å². The Hall–Kier alpha value is -0.180. The van der Waals surface area contributed by atoms with Gasteiger partial charge in [-0.15, -0.1) is 0 Å². The van der Waals surface area contributed by atoms with E-state index in [2.05, 4.69) is 27.7 Å². The zero-order valence-electron chi connectivity index (χ0n) is 6.92. The van der Waals surface area contributed by atoms with Crippen molar-refractivity contribution in [1.82, 2.24) is 9.78 Å². The Morgan fingerprint density at radius 1 is 1.21 bits per heavy atom. The minimum Gasteiger partial charge on any atom is -0.228 e. The predicted octanol–water partition coefficient (Wildman–Crippen LogP) is 3.22. The Kier molecular flexibility index (Phi) is 3.05. The molecule has 0 aliphatic heterocycles. The summed E-state index contributed by atoms with van der Waals surface area (Å²) in [7, 11) is 0. The molecule has 1 aromatic carbocycles. The highest BCUT2D eigenvalue weighted by molar-refractivity contribution is 14.1. The normalized spacial score (nSPS) is 10.5. The lowest BCUT2D eigenvalue weighted by Crippen LogP contribution is -1.99. The van der Waals surface area contributed by atoms with E-state index in [9.17, 15) is 4.39 Å². The topological polar surface area (TPSA) is 17.8 Å². The molecule has 1 aromatic heterocycles. The van der Waals surface area contributed by atoms with E-state index in [1.807, 2.05) is 28.7 Å². The molecule has 5 heteroatoms. The van der Waals surface area contributed by atoms with Gasteiger partial charge in [0.1, 0.15) is 9.52 Å². The lowest BCUT2D eigenvalue weighted by atomic mass is 10.3. The van der Waals surface area contributed by atoms with Crippen LogP contribution in [0.3, 0.4) is 0 Å². The van der Waals surface area contributed by atoms with E-state index in [0.29, 0.717) is 3.57 Å². The number of benzene rings is 1. The molecule has 14 heavy (non-hydrogen) atoms. The summed E-state index contributed by atoms with van der Waals surface area (Å²) >= 11 is 4.15. The zero-order chi connectivity index (χ0) is 10.1. The second kappa shape index (κ2) is 4.13. The smallest absolute Gasteiger partial charge is 0.136 e. The fourth-order valence-corrected chi connectivity index (χ4v) is 2.16. The highest BCUT2D eigenvalue weighted by atomic mass is 127. The van der Waals surface area contributed by atoms with Crippen molar-refractivity contribution in [3.05, 3.63) is 43.6 Å². The van der Waals surface area contributed by atoms with Gasteiger partial charge in [-0.05, 0) is 69.4 Å². The number of nitrogens with zero attached hydrogens (tertiary/aromatic N) is 2. The van der Waals surface area contributed by atoms with Crippen LogP contribution in [0.25, 0.3) is 5.69 Å². The molecule has 1 heterocycles. The number of aromatic nitrogens is 2. The van der Waals surface area contributed by atoms with Gasteiger partial charge in [0.05, 0.1) is 15.5 Å². The van der Waals surface area contributed by atoms with Crippen molar-refractivity contribution >= 4 is 45.2 Å². The molecule has 0 spiro atoms. The van der Waals surface area contributed by atoms with Crippen molar-refractivity contribution in [2.75, 3.05) is 0 Å². The largest absolute Gasteiger partial charge is 0.228 e. The maximum absolute atomic E-state index is 13.0. The minimum atomic E-state index is -0.198. The van der Waals surface area contributed by atoms with Crippen LogP contribution in [-0.4, -0.2) is 9.78 Å². The monoisotopic (exact) mass is 414 g/mol. The first-order valence-electron chi connectivity index (χ1n) is 3.83. The van der Waals surface area contributed by atoms with Crippen LogP contribution >= 0.6 is 45.2 Å². The Morgan fingerprint density at radius 3 is 2.57 bits per heavy atom. The fourth-order valence-electron chi connectivity index (χ4n) is 1.09. The van der Waals surface area contributed by atoms with Crippen LogP contribution in [-0.2, 0) is 0 Å². The molecule has 0 saturated heterocycles. The van der Waals surface area contributed by atoms with E-state index in [-0.39, 0.29) is 5.82 Å².